The molecule has 0 bridgehead atoms. The molecule has 0 saturated heterocycles. The summed E-state index contributed by atoms with van der Waals surface area (Å²) in [6.07, 6.45) is 1.44. The van der Waals surface area contributed by atoms with Crippen LogP contribution in [0.2, 0.25) is 0 Å². The Hall–Kier alpha value is -0.900. The highest BCUT2D eigenvalue weighted by Crippen LogP contribution is 2.35. The molecule has 1 fully saturated rings. The van der Waals surface area contributed by atoms with Gasteiger partial charge in [-0.15, -0.1) is 0 Å². The van der Waals surface area contributed by atoms with Gasteiger partial charge < -0.3 is 9.84 Å². The van der Waals surface area contributed by atoms with E-state index in [1.807, 2.05) is 0 Å². The van der Waals surface area contributed by atoms with Gasteiger partial charge in [0.1, 0.15) is 5.41 Å². The molecule has 1 N–H and O–H groups in total. The maximum Gasteiger partial charge on any atom is 0.321 e. The summed E-state index contributed by atoms with van der Waals surface area (Å²) in [5.41, 5.74) is -1.24. The van der Waals surface area contributed by atoms with Crippen LogP contribution in [0.25, 0.3) is 0 Å². The Kier molecular flexibility index (Phi) is 2.47. The van der Waals surface area contributed by atoms with Crippen molar-refractivity contribution in [3.8, 4) is 0 Å². The highest BCUT2D eigenvalue weighted by molar-refractivity contribution is 6.05. The predicted octanol–water partition coefficient (Wildman–Crippen LogP) is -0.109. The molecule has 0 radical (unpaired) electrons. The molecule has 1 atom stereocenters. The van der Waals surface area contributed by atoms with Crippen molar-refractivity contribution in [2.75, 3.05) is 13.7 Å². The summed E-state index contributed by atoms with van der Waals surface area (Å²) in [5.74, 6) is -0.802. The first-order valence-electron chi connectivity index (χ1n) is 3.90. The number of methoxy groups -OCH3 is 1. The van der Waals surface area contributed by atoms with Crippen molar-refractivity contribution in [3.63, 3.8) is 0 Å². The van der Waals surface area contributed by atoms with Crippen LogP contribution in [0, 0.1) is 5.41 Å². The number of rotatable bonds is 2. The van der Waals surface area contributed by atoms with Gasteiger partial charge in [-0.05, 0) is 12.8 Å². The van der Waals surface area contributed by atoms with E-state index in [4.69, 9.17) is 5.11 Å². The van der Waals surface area contributed by atoms with Crippen LogP contribution in [0.5, 0.6) is 0 Å². The highest BCUT2D eigenvalue weighted by atomic mass is 16.5. The molecule has 0 spiro atoms. The Bertz CT molecular complexity index is 211. The quantitative estimate of drug-likeness (QED) is 0.466. The minimum Gasteiger partial charge on any atom is -0.468 e. The van der Waals surface area contributed by atoms with Gasteiger partial charge in [-0.3, -0.25) is 9.59 Å². The third-order valence-electron chi connectivity index (χ3n) is 2.39. The summed E-state index contributed by atoms with van der Waals surface area (Å²) >= 11 is 0. The highest BCUT2D eigenvalue weighted by Gasteiger charge is 2.49. The number of esters is 1. The van der Waals surface area contributed by atoms with Gasteiger partial charge in [-0.1, -0.05) is 0 Å². The van der Waals surface area contributed by atoms with Gasteiger partial charge >= 0.3 is 5.97 Å². The summed E-state index contributed by atoms with van der Waals surface area (Å²) in [6, 6.07) is 0. The van der Waals surface area contributed by atoms with E-state index in [0.717, 1.165) is 0 Å². The van der Waals surface area contributed by atoms with Crippen molar-refractivity contribution >= 4 is 11.8 Å². The van der Waals surface area contributed by atoms with Crippen LogP contribution in [0.1, 0.15) is 19.3 Å². The first-order valence-corrected chi connectivity index (χ1v) is 3.90. The van der Waals surface area contributed by atoms with Crippen molar-refractivity contribution in [1.29, 1.82) is 0 Å². The van der Waals surface area contributed by atoms with E-state index in [1.54, 1.807) is 0 Å². The van der Waals surface area contributed by atoms with Crippen LogP contribution < -0.4 is 0 Å². The number of aliphatic hydroxyl groups is 1. The second-order valence-electron chi connectivity index (χ2n) is 3.01. The van der Waals surface area contributed by atoms with Gasteiger partial charge in [0.05, 0.1) is 13.7 Å². The van der Waals surface area contributed by atoms with E-state index >= 15 is 0 Å². The molecule has 0 aliphatic heterocycles. The Labute approximate surface area is 70.5 Å². The van der Waals surface area contributed by atoms with Crippen molar-refractivity contribution in [1.82, 2.24) is 0 Å². The second kappa shape index (κ2) is 3.23. The molecule has 1 unspecified atom stereocenters. The fraction of sp³-hybridized carbons (Fsp3) is 0.750. The summed E-state index contributed by atoms with van der Waals surface area (Å²) < 4.78 is 4.48. The van der Waals surface area contributed by atoms with Crippen LogP contribution >= 0.6 is 0 Å². The molecule has 1 aliphatic carbocycles. The smallest absolute Gasteiger partial charge is 0.321 e. The van der Waals surface area contributed by atoms with E-state index in [1.165, 1.54) is 7.11 Å². The van der Waals surface area contributed by atoms with Crippen molar-refractivity contribution in [2.45, 2.75) is 19.3 Å². The number of hydrogen-bond donors (Lipinski definition) is 1. The second-order valence-corrected chi connectivity index (χ2v) is 3.01. The lowest BCUT2D eigenvalue weighted by Gasteiger charge is -2.20. The van der Waals surface area contributed by atoms with Crippen molar-refractivity contribution in [3.05, 3.63) is 0 Å². The maximum atomic E-state index is 11.3. The molecule has 0 amide bonds. The molecule has 1 rings (SSSR count). The third-order valence-corrected chi connectivity index (χ3v) is 2.39. The standard InChI is InChI=1S/C8H12O4/c1-12-7(11)8(5-9)4-2-3-6(8)10/h9H,2-5H2,1H3. The fourth-order valence-electron chi connectivity index (χ4n) is 1.57. The molecule has 0 aromatic carbocycles. The lowest BCUT2D eigenvalue weighted by Crippen LogP contribution is -2.39. The zero-order valence-corrected chi connectivity index (χ0v) is 7.00. The van der Waals surface area contributed by atoms with Crippen LogP contribution in [0.15, 0.2) is 0 Å². The SMILES string of the molecule is COC(=O)C1(CO)CCCC1=O. The topological polar surface area (TPSA) is 63.6 Å². The average molecular weight is 172 g/mol. The van der Waals surface area contributed by atoms with Gasteiger partial charge in [0.15, 0.2) is 5.78 Å². The number of ether oxygens (including phenoxy) is 1. The lowest BCUT2D eigenvalue weighted by atomic mass is 9.86. The van der Waals surface area contributed by atoms with Gasteiger partial charge in [0.25, 0.3) is 0 Å². The molecule has 0 aromatic heterocycles. The van der Waals surface area contributed by atoms with Crippen LogP contribution in [-0.2, 0) is 14.3 Å². The predicted molar refractivity (Wildman–Crippen MR) is 40.4 cm³/mol. The van der Waals surface area contributed by atoms with E-state index in [0.29, 0.717) is 19.3 Å². The van der Waals surface area contributed by atoms with Gasteiger partial charge in [-0.25, -0.2) is 0 Å². The molecular weight excluding hydrogens is 160 g/mol. The number of aliphatic hydroxyl groups excluding tert-OH is 1. The minimum absolute atomic E-state index is 0.197. The van der Waals surface area contributed by atoms with Crippen LogP contribution in [0.3, 0.4) is 0 Å². The zero-order valence-electron chi connectivity index (χ0n) is 7.00. The molecule has 1 aliphatic rings. The molecular formula is C8H12O4. The molecule has 1 saturated carbocycles. The molecule has 12 heavy (non-hydrogen) atoms. The Morgan fingerprint density at radius 2 is 2.42 bits per heavy atom. The van der Waals surface area contributed by atoms with Crippen molar-refractivity contribution < 1.29 is 19.4 Å². The minimum atomic E-state index is -1.24. The molecule has 0 aromatic rings. The molecule has 68 valence electrons. The number of Topliss-reactive ketones (excluding diaryl/α,β-unsaturated/α-hetero) is 1. The zero-order chi connectivity index (χ0) is 9.19. The Balaban J connectivity index is 2.88. The normalized spacial score (nSPS) is 29.0. The monoisotopic (exact) mass is 172 g/mol. The summed E-state index contributed by atoms with van der Waals surface area (Å²) in [4.78, 5) is 22.4. The van der Waals surface area contributed by atoms with Gasteiger partial charge in [-0.2, -0.15) is 0 Å². The van der Waals surface area contributed by atoms with Crippen LogP contribution in [0.4, 0.5) is 0 Å². The first kappa shape index (κ1) is 9.19. The van der Waals surface area contributed by atoms with Gasteiger partial charge in [0, 0.05) is 6.42 Å². The largest absolute Gasteiger partial charge is 0.468 e. The summed E-state index contributed by atoms with van der Waals surface area (Å²) in [5, 5.41) is 8.97. The molecule has 4 heteroatoms. The van der Waals surface area contributed by atoms with Crippen LogP contribution in [-0.4, -0.2) is 30.6 Å². The molecule has 4 nitrogen and oxygen atoms in total. The van der Waals surface area contributed by atoms with Gasteiger partial charge in [0.2, 0.25) is 0 Å². The fourth-order valence-corrected chi connectivity index (χ4v) is 1.57. The van der Waals surface area contributed by atoms with E-state index < -0.39 is 18.0 Å². The Morgan fingerprint density at radius 1 is 1.75 bits per heavy atom. The number of carbonyl (C=O) groups is 2. The Morgan fingerprint density at radius 3 is 2.75 bits per heavy atom. The number of hydrogen-bond acceptors (Lipinski definition) is 4. The number of carbonyl (C=O) groups excluding carboxylic acids is 2. The third kappa shape index (κ3) is 1.12. The first-order chi connectivity index (χ1) is 5.67. The van der Waals surface area contributed by atoms with E-state index in [-0.39, 0.29) is 5.78 Å². The van der Waals surface area contributed by atoms with E-state index in [9.17, 15) is 9.59 Å². The van der Waals surface area contributed by atoms with Crippen molar-refractivity contribution in [2.24, 2.45) is 5.41 Å². The van der Waals surface area contributed by atoms with E-state index in [2.05, 4.69) is 4.74 Å². The maximum absolute atomic E-state index is 11.3. The number of ketones is 1. The average Bonchev–Trinajstić information content (AvgIpc) is 2.46. The summed E-state index contributed by atoms with van der Waals surface area (Å²) in [6.45, 7) is -0.432. The lowest BCUT2D eigenvalue weighted by molar-refractivity contribution is -0.159. The summed E-state index contributed by atoms with van der Waals surface area (Å²) in [7, 11) is 1.23. The molecule has 0 heterocycles.